The van der Waals surface area contributed by atoms with E-state index in [4.69, 9.17) is 4.74 Å². The molecule has 0 spiro atoms. The standard InChI is InChI=1S/C18H25N3O3/c22-17(12-16-13-24-10-7-19-16)20-15-6-4-5-14(11-15)18(23)21-8-2-1-3-9-21/h4-6,11,16,19H,1-3,7-10,12-13H2,(H,20,22). The Bertz CT molecular complexity index is 579. The molecular formula is C18H25N3O3. The van der Waals surface area contributed by atoms with Crippen molar-refractivity contribution in [2.24, 2.45) is 0 Å². The van der Waals surface area contributed by atoms with E-state index in [2.05, 4.69) is 10.6 Å². The summed E-state index contributed by atoms with van der Waals surface area (Å²) in [7, 11) is 0. The Balaban J connectivity index is 1.57. The zero-order valence-electron chi connectivity index (χ0n) is 13.9. The molecule has 1 aromatic rings. The molecule has 1 unspecified atom stereocenters. The van der Waals surface area contributed by atoms with Crippen LogP contribution in [0.2, 0.25) is 0 Å². The molecule has 0 saturated carbocycles. The van der Waals surface area contributed by atoms with Crippen LogP contribution in [0.1, 0.15) is 36.0 Å². The number of benzene rings is 1. The average Bonchev–Trinajstić information content (AvgIpc) is 2.63. The van der Waals surface area contributed by atoms with Gasteiger partial charge in [0.1, 0.15) is 0 Å². The molecule has 2 N–H and O–H groups in total. The highest BCUT2D eigenvalue weighted by atomic mass is 16.5. The maximum Gasteiger partial charge on any atom is 0.253 e. The highest BCUT2D eigenvalue weighted by Gasteiger charge is 2.19. The lowest BCUT2D eigenvalue weighted by molar-refractivity contribution is -0.117. The zero-order valence-corrected chi connectivity index (χ0v) is 13.9. The van der Waals surface area contributed by atoms with Crippen LogP contribution in [-0.4, -0.2) is 55.6 Å². The molecule has 2 heterocycles. The lowest BCUT2D eigenvalue weighted by atomic mass is 10.1. The van der Waals surface area contributed by atoms with Crippen LogP contribution in [0.4, 0.5) is 5.69 Å². The van der Waals surface area contributed by atoms with Crippen LogP contribution in [0.5, 0.6) is 0 Å². The number of hydrogen-bond donors (Lipinski definition) is 2. The molecule has 2 fully saturated rings. The second kappa shape index (κ2) is 8.26. The van der Waals surface area contributed by atoms with Gasteiger partial charge >= 0.3 is 0 Å². The summed E-state index contributed by atoms with van der Waals surface area (Å²) in [6.45, 7) is 3.67. The molecule has 6 heteroatoms. The largest absolute Gasteiger partial charge is 0.378 e. The number of rotatable bonds is 4. The summed E-state index contributed by atoms with van der Waals surface area (Å²) >= 11 is 0. The summed E-state index contributed by atoms with van der Waals surface area (Å²) in [6, 6.07) is 7.25. The molecule has 0 bridgehead atoms. The Morgan fingerprint density at radius 3 is 2.83 bits per heavy atom. The van der Waals surface area contributed by atoms with Gasteiger partial charge in [-0.3, -0.25) is 9.59 Å². The van der Waals surface area contributed by atoms with Crippen LogP contribution in [-0.2, 0) is 9.53 Å². The number of amides is 2. The second-order valence-corrected chi connectivity index (χ2v) is 6.41. The summed E-state index contributed by atoms with van der Waals surface area (Å²) in [6.07, 6.45) is 3.69. The highest BCUT2D eigenvalue weighted by Crippen LogP contribution is 2.16. The third-order valence-corrected chi connectivity index (χ3v) is 4.47. The van der Waals surface area contributed by atoms with E-state index in [1.165, 1.54) is 6.42 Å². The number of morpholine rings is 1. The first-order valence-corrected chi connectivity index (χ1v) is 8.73. The van der Waals surface area contributed by atoms with Crippen molar-refractivity contribution in [3.05, 3.63) is 29.8 Å². The summed E-state index contributed by atoms with van der Waals surface area (Å²) in [5.74, 6) is -0.0197. The molecule has 2 aliphatic rings. The zero-order chi connectivity index (χ0) is 16.8. The van der Waals surface area contributed by atoms with Gasteiger partial charge in [-0.15, -0.1) is 0 Å². The van der Waals surface area contributed by atoms with Crippen molar-refractivity contribution in [1.82, 2.24) is 10.2 Å². The average molecular weight is 331 g/mol. The summed E-state index contributed by atoms with van der Waals surface area (Å²) < 4.78 is 5.36. The Kier molecular flexibility index (Phi) is 5.82. The van der Waals surface area contributed by atoms with E-state index < -0.39 is 0 Å². The van der Waals surface area contributed by atoms with Crippen molar-refractivity contribution >= 4 is 17.5 Å². The van der Waals surface area contributed by atoms with Crippen LogP contribution in [0.3, 0.4) is 0 Å². The predicted octanol–water partition coefficient (Wildman–Crippen LogP) is 1.63. The molecule has 6 nitrogen and oxygen atoms in total. The van der Waals surface area contributed by atoms with Gasteiger partial charge in [0.2, 0.25) is 5.91 Å². The summed E-state index contributed by atoms with van der Waals surface area (Å²) in [5, 5.41) is 6.14. The fourth-order valence-corrected chi connectivity index (χ4v) is 3.20. The molecule has 2 aliphatic heterocycles. The van der Waals surface area contributed by atoms with Gasteiger partial charge in [0.05, 0.1) is 13.2 Å². The SMILES string of the molecule is O=C(CC1COCCN1)Nc1cccc(C(=O)N2CCCCC2)c1. The van der Waals surface area contributed by atoms with Crippen LogP contribution in [0, 0.1) is 0 Å². The molecule has 2 amide bonds. The van der Waals surface area contributed by atoms with E-state index in [0.717, 1.165) is 32.5 Å². The number of carbonyl (C=O) groups is 2. The third kappa shape index (κ3) is 4.55. The molecule has 1 aromatic carbocycles. The Morgan fingerprint density at radius 1 is 1.25 bits per heavy atom. The smallest absolute Gasteiger partial charge is 0.253 e. The van der Waals surface area contributed by atoms with Gasteiger partial charge in [0, 0.05) is 43.3 Å². The first-order valence-electron chi connectivity index (χ1n) is 8.73. The number of anilines is 1. The van der Waals surface area contributed by atoms with Crippen molar-refractivity contribution < 1.29 is 14.3 Å². The number of ether oxygens (including phenoxy) is 1. The molecule has 0 aromatic heterocycles. The monoisotopic (exact) mass is 331 g/mol. The molecular weight excluding hydrogens is 306 g/mol. The van der Waals surface area contributed by atoms with Gasteiger partial charge in [-0.2, -0.15) is 0 Å². The van der Waals surface area contributed by atoms with E-state index in [1.807, 2.05) is 23.1 Å². The summed E-state index contributed by atoms with van der Waals surface area (Å²) in [5.41, 5.74) is 1.30. The minimum atomic E-state index is -0.0689. The van der Waals surface area contributed by atoms with Crippen molar-refractivity contribution in [1.29, 1.82) is 0 Å². The lowest BCUT2D eigenvalue weighted by Gasteiger charge is -2.27. The third-order valence-electron chi connectivity index (χ3n) is 4.47. The van der Waals surface area contributed by atoms with Crippen molar-refractivity contribution in [3.8, 4) is 0 Å². The fraction of sp³-hybridized carbons (Fsp3) is 0.556. The van der Waals surface area contributed by atoms with Gasteiger partial charge in [-0.1, -0.05) is 6.07 Å². The van der Waals surface area contributed by atoms with Gasteiger partial charge < -0.3 is 20.3 Å². The quantitative estimate of drug-likeness (QED) is 0.880. The number of nitrogens with zero attached hydrogens (tertiary/aromatic N) is 1. The number of hydrogen-bond acceptors (Lipinski definition) is 4. The predicted molar refractivity (Wildman–Crippen MR) is 92.1 cm³/mol. The molecule has 0 radical (unpaired) electrons. The molecule has 24 heavy (non-hydrogen) atoms. The number of nitrogens with one attached hydrogen (secondary N) is 2. The molecule has 2 saturated heterocycles. The van der Waals surface area contributed by atoms with Crippen LogP contribution < -0.4 is 10.6 Å². The second-order valence-electron chi connectivity index (χ2n) is 6.41. The van der Waals surface area contributed by atoms with E-state index in [1.54, 1.807) is 6.07 Å². The molecule has 130 valence electrons. The van der Waals surface area contributed by atoms with Crippen LogP contribution >= 0.6 is 0 Å². The van der Waals surface area contributed by atoms with Crippen LogP contribution in [0.25, 0.3) is 0 Å². The van der Waals surface area contributed by atoms with Crippen LogP contribution in [0.15, 0.2) is 24.3 Å². The maximum absolute atomic E-state index is 12.5. The minimum Gasteiger partial charge on any atom is -0.378 e. The van der Waals surface area contributed by atoms with Crippen molar-refractivity contribution in [3.63, 3.8) is 0 Å². The van der Waals surface area contributed by atoms with Gasteiger partial charge in [-0.25, -0.2) is 0 Å². The molecule has 3 rings (SSSR count). The number of piperidine rings is 1. The Morgan fingerprint density at radius 2 is 2.08 bits per heavy atom. The van der Waals surface area contributed by atoms with E-state index in [-0.39, 0.29) is 17.9 Å². The first kappa shape index (κ1) is 16.9. The topological polar surface area (TPSA) is 70.7 Å². The van der Waals surface area contributed by atoms with Gasteiger partial charge in [-0.05, 0) is 37.5 Å². The fourth-order valence-electron chi connectivity index (χ4n) is 3.20. The normalized spacial score (nSPS) is 21.3. The van der Waals surface area contributed by atoms with Gasteiger partial charge in [0.15, 0.2) is 0 Å². The Labute approximate surface area is 142 Å². The van der Waals surface area contributed by atoms with Crippen molar-refractivity contribution in [2.75, 3.05) is 38.2 Å². The van der Waals surface area contributed by atoms with Crippen molar-refractivity contribution in [2.45, 2.75) is 31.7 Å². The van der Waals surface area contributed by atoms with E-state index in [0.29, 0.717) is 30.9 Å². The minimum absolute atomic E-state index is 0.0492. The Hall–Kier alpha value is -1.92. The molecule has 1 atom stereocenters. The number of carbonyl (C=O) groups excluding carboxylic acids is 2. The van der Waals surface area contributed by atoms with E-state index in [9.17, 15) is 9.59 Å². The summed E-state index contributed by atoms with van der Waals surface area (Å²) in [4.78, 5) is 26.6. The van der Waals surface area contributed by atoms with E-state index >= 15 is 0 Å². The first-order chi connectivity index (χ1) is 11.7. The maximum atomic E-state index is 12.5. The highest BCUT2D eigenvalue weighted by molar-refractivity contribution is 5.97. The molecule has 0 aliphatic carbocycles. The van der Waals surface area contributed by atoms with Gasteiger partial charge in [0.25, 0.3) is 5.91 Å². The lowest BCUT2D eigenvalue weighted by Crippen LogP contribution is -2.43. The number of likely N-dealkylation sites (tertiary alicyclic amines) is 1.